The second-order valence-corrected chi connectivity index (χ2v) is 8.53. The van der Waals surface area contributed by atoms with Gasteiger partial charge in [0.05, 0.1) is 15.6 Å². The first kappa shape index (κ1) is 19.1. The Morgan fingerprint density at radius 2 is 1.96 bits per heavy atom. The maximum absolute atomic E-state index is 6.33. The van der Waals surface area contributed by atoms with Crippen molar-refractivity contribution in [3.05, 3.63) is 50.0 Å². The summed E-state index contributed by atoms with van der Waals surface area (Å²) in [4.78, 5) is 14.5. The molecule has 8 heteroatoms. The van der Waals surface area contributed by atoms with E-state index in [1.165, 1.54) is 6.42 Å². The van der Waals surface area contributed by atoms with Gasteiger partial charge in [0.25, 0.3) is 0 Å². The molecular formula is C19H18Cl4N4. The number of aromatic nitrogens is 3. The maximum atomic E-state index is 6.33. The number of pyridine rings is 1. The van der Waals surface area contributed by atoms with Crippen LogP contribution in [-0.2, 0) is 6.42 Å². The Labute approximate surface area is 177 Å². The maximum Gasteiger partial charge on any atom is 0.205 e. The molecule has 2 aromatic heterocycles. The first-order chi connectivity index (χ1) is 13.0. The molecule has 0 aliphatic carbocycles. The van der Waals surface area contributed by atoms with E-state index in [9.17, 15) is 0 Å². The summed E-state index contributed by atoms with van der Waals surface area (Å²) in [6, 6.07) is 7.27. The first-order valence-corrected chi connectivity index (χ1v) is 10.4. The number of hydrogen-bond donors (Lipinski definition) is 1. The van der Waals surface area contributed by atoms with Gasteiger partial charge in [0.15, 0.2) is 5.65 Å². The highest BCUT2D eigenvalue weighted by Gasteiger charge is 2.23. The first-order valence-electron chi connectivity index (χ1n) is 8.90. The van der Waals surface area contributed by atoms with Crippen molar-refractivity contribution < 1.29 is 0 Å². The van der Waals surface area contributed by atoms with Crippen LogP contribution >= 0.6 is 46.4 Å². The Morgan fingerprint density at radius 1 is 1.11 bits per heavy atom. The van der Waals surface area contributed by atoms with E-state index in [4.69, 9.17) is 46.4 Å². The third-order valence-electron chi connectivity index (χ3n) is 5.01. The highest BCUT2D eigenvalue weighted by Crippen LogP contribution is 2.32. The molecular weight excluding hydrogens is 426 g/mol. The third kappa shape index (κ3) is 4.29. The number of halogens is 4. The van der Waals surface area contributed by atoms with Crippen LogP contribution in [-0.4, -0.2) is 28.0 Å². The smallest absolute Gasteiger partial charge is 0.205 e. The number of anilines is 1. The summed E-state index contributed by atoms with van der Waals surface area (Å²) < 4.78 is 0. The molecule has 0 bridgehead atoms. The fourth-order valence-electron chi connectivity index (χ4n) is 3.65. The summed E-state index contributed by atoms with van der Waals surface area (Å²) in [5.41, 5.74) is 2.56. The van der Waals surface area contributed by atoms with E-state index in [1.54, 1.807) is 12.1 Å². The molecule has 0 radical (unpaired) electrons. The van der Waals surface area contributed by atoms with E-state index in [0.717, 1.165) is 49.4 Å². The molecule has 0 amide bonds. The second kappa shape index (κ2) is 8.04. The van der Waals surface area contributed by atoms with Crippen LogP contribution in [0, 0.1) is 5.92 Å². The number of aryl methyl sites for hydroxylation is 1. The number of fused-ring (bicyclic) bond motifs is 1. The zero-order valence-corrected chi connectivity index (χ0v) is 17.5. The van der Waals surface area contributed by atoms with Gasteiger partial charge in [-0.15, -0.1) is 0 Å². The number of nitrogens with zero attached hydrogens (tertiary/aromatic N) is 3. The monoisotopic (exact) mass is 442 g/mol. The van der Waals surface area contributed by atoms with Crippen molar-refractivity contribution in [3.63, 3.8) is 0 Å². The van der Waals surface area contributed by atoms with Crippen LogP contribution < -0.4 is 4.90 Å². The van der Waals surface area contributed by atoms with Crippen LogP contribution in [0.2, 0.25) is 20.2 Å². The largest absolute Gasteiger partial charge is 0.342 e. The van der Waals surface area contributed by atoms with Crippen molar-refractivity contribution in [2.75, 3.05) is 18.0 Å². The lowest BCUT2D eigenvalue weighted by molar-refractivity contribution is 0.389. The molecule has 1 aromatic carbocycles. The van der Waals surface area contributed by atoms with Gasteiger partial charge in [-0.2, -0.15) is 4.98 Å². The highest BCUT2D eigenvalue weighted by molar-refractivity contribution is 6.43. The fourth-order valence-corrected chi connectivity index (χ4v) is 4.53. The van der Waals surface area contributed by atoms with Crippen molar-refractivity contribution >= 4 is 63.5 Å². The van der Waals surface area contributed by atoms with Gasteiger partial charge in [-0.1, -0.05) is 46.4 Å². The minimum Gasteiger partial charge on any atom is -0.342 e. The number of nitrogens with one attached hydrogen (secondary N) is 1. The molecule has 0 spiro atoms. The van der Waals surface area contributed by atoms with E-state index in [1.807, 2.05) is 12.1 Å². The molecule has 1 N–H and O–H groups in total. The van der Waals surface area contributed by atoms with Gasteiger partial charge in [0, 0.05) is 18.1 Å². The highest BCUT2D eigenvalue weighted by atomic mass is 35.5. The Morgan fingerprint density at radius 3 is 2.81 bits per heavy atom. The number of benzene rings is 1. The SMILES string of the molecule is Clc1cc(Cl)c(Cl)c(CC[C@H]2CCCN(c3nc4nc(Cl)ccc4[nH]3)C2)c1. The lowest BCUT2D eigenvalue weighted by Crippen LogP contribution is -2.36. The van der Waals surface area contributed by atoms with Crippen LogP contribution in [0.1, 0.15) is 24.8 Å². The van der Waals surface area contributed by atoms with Crippen molar-refractivity contribution in [1.29, 1.82) is 0 Å². The lowest BCUT2D eigenvalue weighted by atomic mass is 9.92. The van der Waals surface area contributed by atoms with Gasteiger partial charge in [-0.05, 0) is 61.4 Å². The molecule has 3 aromatic rings. The van der Waals surface area contributed by atoms with E-state index in [2.05, 4.69) is 19.9 Å². The summed E-state index contributed by atoms with van der Waals surface area (Å²) in [6.45, 7) is 1.92. The summed E-state index contributed by atoms with van der Waals surface area (Å²) >= 11 is 24.6. The van der Waals surface area contributed by atoms with E-state index >= 15 is 0 Å². The normalized spacial score (nSPS) is 17.6. The van der Waals surface area contributed by atoms with Crippen molar-refractivity contribution in [1.82, 2.24) is 15.0 Å². The quantitative estimate of drug-likeness (QED) is 0.373. The lowest BCUT2D eigenvalue weighted by Gasteiger charge is -2.32. The number of piperidine rings is 1. The summed E-state index contributed by atoms with van der Waals surface area (Å²) in [5.74, 6) is 1.41. The molecule has 1 atom stereocenters. The average molecular weight is 444 g/mol. The van der Waals surface area contributed by atoms with E-state index < -0.39 is 0 Å². The van der Waals surface area contributed by atoms with Gasteiger partial charge in [0.1, 0.15) is 5.15 Å². The van der Waals surface area contributed by atoms with Crippen molar-refractivity contribution in [2.45, 2.75) is 25.7 Å². The van der Waals surface area contributed by atoms with Gasteiger partial charge in [-0.3, -0.25) is 0 Å². The van der Waals surface area contributed by atoms with Crippen LogP contribution in [0.25, 0.3) is 11.2 Å². The minimum absolute atomic E-state index is 0.453. The number of H-pyrrole nitrogens is 1. The Kier molecular flexibility index (Phi) is 5.70. The van der Waals surface area contributed by atoms with Gasteiger partial charge in [-0.25, -0.2) is 4.98 Å². The molecule has 1 fully saturated rings. The number of hydrogen-bond acceptors (Lipinski definition) is 3. The summed E-state index contributed by atoms with van der Waals surface area (Å²) in [6.07, 6.45) is 4.19. The average Bonchev–Trinajstić information content (AvgIpc) is 3.07. The van der Waals surface area contributed by atoms with Crippen LogP contribution in [0.4, 0.5) is 5.95 Å². The van der Waals surface area contributed by atoms with Crippen molar-refractivity contribution in [3.8, 4) is 0 Å². The Hall–Kier alpha value is -1.20. The van der Waals surface area contributed by atoms with Gasteiger partial charge >= 0.3 is 0 Å². The van der Waals surface area contributed by atoms with Gasteiger partial charge < -0.3 is 9.88 Å². The molecule has 4 nitrogen and oxygen atoms in total. The zero-order valence-electron chi connectivity index (χ0n) is 14.5. The fraction of sp³-hybridized carbons (Fsp3) is 0.368. The van der Waals surface area contributed by atoms with Crippen LogP contribution in [0.5, 0.6) is 0 Å². The Balaban J connectivity index is 1.45. The molecule has 3 heterocycles. The predicted octanol–water partition coefficient (Wildman–Crippen LogP) is 6.42. The number of aromatic amines is 1. The molecule has 1 aliphatic rings. The molecule has 4 rings (SSSR count). The number of rotatable bonds is 4. The standard InChI is InChI=1S/C19H18Cl4N4/c20-13-8-12(17(23)14(21)9-13)4-3-11-2-1-7-27(10-11)19-24-15-5-6-16(22)25-18(15)26-19/h5-6,8-9,11H,1-4,7,10H2,(H,24,25,26)/t11-/m1/s1. The topological polar surface area (TPSA) is 44.8 Å². The zero-order chi connectivity index (χ0) is 19.0. The van der Waals surface area contributed by atoms with Crippen molar-refractivity contribution in [2.24, 2.45) is 5.92 Å². The molecule has 1 aliphatic heterocycles. The minimum atomic E-state index is 0.453. The molecule has 0 unspecified atom stereocenters. The molecule has 142 valence electrons. The van der Waals surface area contributed by atoms with Crippen LogP contribution in [0.15, 0.2) is 24.3 Å². The molecule has 1 saturated heterocycles. The van der Waals surface area contributed by atoms with Gasteiger partial charge in [0.2, 0.25) is 5.95 Å². The summed E-state index contributed by atoms with van der Waals surface area (Å²) in [7, 11) is 0. The van der Waals surface area contributed by atoms with E-state index in [-0.39, 0.29) is 0 Å². The van der Waals surface area contributed by atoms with Crippen LogP contribution in [0.3, 0.4) is 0 Å². The Bertz CT molecular complexity index is 972. The van der Waals surface area contributed by atoms with E-state index in [0.29, 0.717) is 31.8 Å². The summed E-state index contributed by atoms with van der Waals surface area (Å²) in [5, 5.41) is 2.19. The number of imidazole rings is 1. The second-order valence-electron chi connectivity index (χ2n) is 6.92. The molecule has 0 saturated carbocycles. The predicted molar refractivity (Wildman–Crippen MR) is 114 cm³/mol. The molecule has 27 heavy (non-hydrogen) atoms. The third-order valence-corrected chi connectivity index (χ3v) is 6.28.